The molecule has 1 amide bonds. The Balaban J connectivity index is 1.72. The standard InChI is InChI=1S/C18H22N2O3S/c1-24(22,23)20-17-12-10-16(11-13-17)18(21)19-14-6-5-9-15-7-3-2-4-8-15/h2-4,7-8,10-13,20H,5-6,9,14H2,1H3,(H,19,21). The van der Waals surface area contributed by atoms with E-state index in [0.717, 1.165) is 25.5 Å². The molecule has 0 aliphatic rings. The van der Waals surface area contributed by atoms with Gasteiger partial charge in [0.25, 0.3) is 5.91 Å². The number of carbonyl (C=O) groups is 1. The second-order valence-corrected chi connectivity index (χ2v) is 7.40. The number of anilines is 1. The van der Waals surface area contributed by atoms with Gasteiger partial charge in [-0.1, -0.05) is 30.3 Å². The van der Waals surface area contributed by atoms with Crippen molar-refractivity contribution in [1.29, 1.82) is 0 Å². The van der Waals surface area contributed by atoms with Gasteiger partial charge < -0.3 is 5.32 Å². The van der Waals surface area contributed by atoms with Crippen LogP contribution in [0, 0.1) is 0 Å². The second kappa shape index (κ2) is 8.49. The number of aryl methyl sites for hydroxylation is 1. The average Bonchev–Trinajstić information content (AvgIpc) is 2.54. The van der Waals surface area contributed by atoms with Gasteiger partial charge in [0.2, 0.25) is 10.0 Å². The summed E-state index contributed by atoms with van der Waals surface area (Å²) in [6, 6.07) is 16.6. The summed E-state index contributed by atoms with van der Waals surface area (Å²) in [5.74, 6) is -0.152. The molecular formula is C18H22N2O3S. The van der Waals surface area contributed by atoms with Gasteiger partial charge in [-0.05, 0) is 49.1 Å². The van der Waals surface area contributed by atoms with Crippen molar-refractivity contribution >= 4 is 21.6 Å². The first-order valence-electron chi connectivity index (χ1n) is 7.84. The lowest BCUT2D eigenvalue weighted by atomic mass is 10.1. The molecule has 0 aliphatic carbocycles. The Hall–Kier alpha value is -2.34. The molecule has 0 radical (unpaired) electrons. The van der Waals surface area contributed by atoms with Crippen molar-refractivity contribution in [2.45, 2.75) is 19.3 Å². The third kappa shape index (κ3) is 6.42. The van der Waals surface area contributed by atoms with Gasteiger partial charge in [-0.3, -0.25) is 9.52 Å². The lowest BCUT2D eigenvalue weighted by molar-refractivity contribution is 0.0953. The van der Waals surface area contributed by atoms with E-state index in [0.29, 0.717) is 17.8 Å². The van der Waals surface area contributed by atoms with E-state index in [2.05, 4.69) is 22.2 Å². The maximum Gasteiger partial charge on any atom is 0.251 e. The molecule has 5 nitrogen and oxygen atoms in total. The number of benzene rings is 2. The van der Waals surface area contributed by atoms with Gasteiger partial charge in [-0.25, -0.2) is 8.42 Å². The first-order valence-corrected chi connectivity index (χ1v) is 9.73. The van der Waals surface area contributed by atoms with E-state index in [9.17, 15) is 13.2 Å². The number of nitrogens with one attached hydrogen (secondary N) is 2. The number of rotatable bonds is 8. The third-order valence-electron chi connectivity index (χ3n) is 3.47. The second-order valence-electron chi connectivity index (χ2n) is 5.65. The molecule has 0 saturated carbocycles. The van der Waals surface area contributed by atoms with Crippen LogP contribution in [0.15, 0.2) is 54.6 Å². The fourth-order valence-electron chi connectivity index (χ4n) is 2.31. The van der Waals surface area contributed by atoms with Gasteiger partial charge in [0, 0.05) is 17.8 Å². The van der Waals surface area contributed by atoms with Crippen LogP contribution in [0.1, 0.15) is 28.8 Å². The van der Waals surface area contributed by atoms with E-state index in [1.54, 1.807) is 24.3 Å². The van der Waals surface area contributed by atoms with Crippen molar-refractivity contribution < 1.29 is 13.2 Å². The average molecular weight is 346 g/mol. The van der Waals surface area contributed by atoms with Gasteiger partial charge in [0.15, 0.2) is 0 Å². The largest absolute Gasteiger partial charge is 0.352 e. The van der Waals surface area contributed by atoms with E-state index >= 15 is 0 Å². The molecule has 0 unspecified atom stereocenters. The van der Waals surface area contributed by atoms with Crippen LogP contribution in [-0.4, -0.2) is 27.1 Å². The SMILES string of the molecule is CS(=O)(=O)Nc1ccc(C(=O)NCCCCc2ccccc2)cc1. The topological polar surface area (TPSA) is 75.3 Å². The number of hydrogen-bond donors (Lipinski definition) is 2. The van der Waals surface area contributed by atoms with Crippen LogP contribution in [0.25, 0.3) is 0 Å². The summed E-state index contributed by atoms with van der Waals surface area (Å²) in [4.78, 5) is 12.0. The molecule has 2 aromatic rings. The summed E-state index contributed by atoms with van der Waals surface area (Å²) in [5, 5.41) is 2.88. The predicted octanol–water partition coefficient (Wildman–Crippen LogP) is 2.81. The molecule has 0 fully saturated rings. The smallest absolute Gasteiger partial charge is 0.251 e. The molecule has 0 spiro atoms. The molecule has 0 atom stereocenters. The van der Waals surface area contributed by atoms with E-state index in [1.807, 2.05) is 18.2 Å². The van der Waals surface area contributed by atoms with Crippen LogP contribution in [0.5, 0.6) is 0 Å². The van der Waals surface area contributed by atoms with Gasteiger partial charge in [-0.2, -0.15) is 0 Å². The Morgan fingerprint density at radius 3 is 2.25 bits per heavy atom. The molecule has 2 aromatic carbocycles. The number of amides is 1. The molecule has 0 aliphatic heterocycles. The van der Waals surface area contributed by atoms with Crippen molar-refractivity contribution in [3.8, 4) is 0 Å². The van der Waals surface area contributed by atoms with Crippen LogP contribution in [-0.2, 0) is 16.4 Å². The Morgan fingerprint density at radius 2 is 1.62 bits per heavy atom. The lowest BCUT2D eigenvalue weighted by Gasteiger charge is -2.07. The molecule has 2 N–H and O–H groups in total. The first-order chi connectivity index (χ1) is 11.4. The molecule has 24 heavy (non-hydrogen) atoms. The number of carbonyl (C=O) groups excluding carboxylic acids is 1. The van der Waals surface area contributed by atoms with E-state index in [1.165, 1.54) is 5.56 Å². The summed E-state index contributed by atoms with van der Waals surface area (Å²) in [6.45, 7) is 0.620. The third-order valence-corrected chi connectivity index (χ3v) is 4.08. The molecule has 2 rings (SSSR count). The minimum Gasteiger partial charge on any atom is -0.352 e. The summed E-state index contributed by atoms with van der Waals surface area (Å²) >= 11 is 0. The van der Waals surface area contributed by atoms with E-state index in [-0.39, 0.29) is 5.91 Å². The van der Waals surface area contributed by atoms with Crippen molar-refractivity contribution in [2.24, 2.45) is 0 Å². The Morgan fingerprint density at radius 1 is 0.958 bits per heavy atom. The highest BCUT2D eigenvalue weighted by Gasteiger charge is 2.06. The zero-order valence-corrected chi connectivity index (χ0v) is 14.5. The van der Waals surface area contributed by atoms with Gasteiger partial charge in [0.05, 0.1) is 6.26 Å². The monoisotopic (exact) mass is 346 g/mol. The summed E-state index contributed by atoms with van der Waals surface area (Å²) < 4.78 is 24.6. The molecule has 0 heterocycles. The van der Waals surface area contributed by atoms with Crippen molar-refractivity contribution in [1.82, 2.24) is 5.32 Å². The van der Waals surface area contributed by atoms with Crippen molar-refractivity contribution in [2.75, 3.05) is 17.5 Å². The molecule has 128 valence electrons. The number of sulfonamides is 1. The maximum atomic E-state index is 12.0. The Labute approximate surface area is 143 Å². The van der Waals surface area contributed by atoms with Crippen molar-refractivity contribution in [3.05, 3.63) is 65.7 Å². The van der Waals surface area contributed by atoms with Gasteiger partial charge in [0.1, 0.15) is 0 Å². The fraction of sp³-hybridized carbons (Fsp3) is 0.278. The highest BCUT2D eigenvalue weighted by Crippen LogP contribution is 2.11. The molecule has 6 heteroatoms. The highest BCUT2D eigenvalue weighted by atomic mass is 32.2. The molecule has 0 bridgehead atoms. The van der Waals surface area contributed by atoms with Crippen LogP contribution in [0.4, 0.5) is 5.69 Å². The minimum atomic E-state index is -3.30. The minimum absolute atomic E-state index is 0.152. The molecule has 0 aromatic heterocycles. The molecule has 0 saturated heterocycles. The van der Waals surface area contributed by atoms with Crippen LogP contribution in [0.2, 0.25) is 0 Å². The fourth-order valence-corrected chi connectivity index (χ4v) is 2.87. The van der Waals surface area contributed by atoms with Crippen molar-refractivity contribution in [3.63, 3.8) is 0 Å². The first kappa shape index (κ1) is 18.0. The Kier molecular flexibility index (Phi) is 6.37. The normalized spacial score (nSPS) is 11.0. The van der Waals surface area contributed by atoms with Crippen LogP contribution in [0.3, 0.4) is 0 Å². The number of unbranched alkanes of at least 4 members (excludes halogenated alkanes) is 1. The van der Waals surface area contributed by atoms with E-state index in [4.69, 9.17) is 0 Å². The zero-order chi connectivity index (χ0) is 17.4. The predicted molar refractivity (Wildman–Crippen MR) is 96.6 cm³/mol. The molecular weight excluding hydrogens is 324 g/mol. The maximum absolute atomic E-state index is 12.0. The summed E-state index contributed by atoms with van der Waals surface area (Å²) in [6.07, 6.45) is 4.02. The van der Waals surface area contributed by atoms with Gasteiger partial charge >= 0.3 is 0 Å². The Bertz CT molecular complexity index is 757. The number of hydrogen-bond acceptors (Lipinski definition) is 3. The zero-order valence-electron chi connectivity index (χ0n) is 13.7. The van der Waals surface area contributed by atoms with Crippen LogP contribution >= 0.6 is 0 Å². The van der Waals surface area contributed by atoms with Gasteiger partial charge in [-0.15, -0.1) is 0 Å². The highest BCUT2D eigenvalue weighted by molar-refractivity contribution is 7.92. The van der Waals surface area contributed by atoms with Crippen LogP contribution < -0.4 is 10.0 Å². The lowest BCUT2D eigenvalue weighted by Crippen LogP contribution is -2.24. The van der Waals surface area contributed by atoms with E-state index < -0.39 is 10.0 Å². The summed E-state index contributed by atoms with van der Waals surface area (Å²) in [7, 11) is -3.30. The summed E-state index contributed by atoms with van der Waals surface area (Å²) in [5.41, 5.74) is 2.26. The quantitative estimate of drug-likeness (QED) is 0.722.